The predicted molar refractivity (Wildman–Crippen MR) is 85.8 cm³/mol. The number of aromatic nitrogens is 3. The monoisotopic (exact) mass is 326 g/mol. The Kier molecular flexibility index (Phi) is 4.00. The van der Waals surface area contributed by atoms with Crippen molar-refractivity contribution in [3.63, 3.8) is 0 Å². The zero-order valence-corrected chi connectivity index (χ0v) is 13.1. The Balaban J connectivity index is 1.63. The van der Waals surface area contributed by atoms with Crippen LogP contribution in [-0.4, -0.2) is 39.8 Å². The third kappa shape index (κ3) is 2.90. The Bertz CT molecular complexity index is 834. The maximum Gasteiger partial charge on any atom is 0.325 e. The Hall–Kier alpha value is -2.67. The average molecular weight is 326 g/mol. The zero-order valence-electron chi connectivity index (χ0n) is 13.1. The number of benzene rings is 1. The highest BCUT2D eigenvalue weighted by atomic mass is 16.5. The summed E-state index contributed by atoms with van der Waals surface area (Å²) in [5, 5.41) is 7.21. The molecule has 0 spiro atoms. The second-order valence-electron chi connectivity index (χ2n) is 5.85. The van der Waals surface area contributed by atoms with E-state index in [-0.39, 0.29) is 17.7 Å². The SMILES string of the molecule is O=C(NC1CCOCC1)c1oc2ncnn2c1Cc1ccccc1. The van der Waals surface area contributed by atoms with Crippen LogP contribution in [0.4, 0.5) is 0 Å². The number of carbonyl (C=O) groups is 1. The molecule has 1 fully saturated rings. The minimum atomic E-state index is -0.222. The molecule has 2 aromatic heterocycles. The van der Waals surface area contributed by atoms with Gasteiger partial charge >= 0.3 is 5.84 Å². The quantitative estimate of drug-likeness (QED) is 0.791. The summed E-state index contributed by atoms with van der Waals surface area (Å²) < 4.78 is 12.6. The van der Waals surface area contributed by atoms with Crippen LogP contribution in [0.25, 0.3) is 5.84 Å². The molecule has 3 aromatic rings. The molecule has 24 heavy (non-hydrogen) atoms. The lowest BCUT2D eigenvalue weighted by Gasteiger charge is -2.22. The number of ether oxygens (including phenoxy) is 1. The Morgan fingerprint density at radius 2 is 2.04 bits per heavy atom. The third-order valence-electron chi connectivity index (χ3n) is 4.20. The molecule has 1 aromatic carbocycles. The van der Waals surface area contributed by atoms with Crippen molar-refractivity contribution in [2.45, 2.75) is 25.3 Å². The van der Waals surface area contributed by atoms with Gasteiger partial charge in [-0.2, -0.15) is 14.6 Å². The minimum Gasteiger partial charge on any atom is -0.416 e. The Labute approximate surface area is 138 Å². The molecule has 4 rings (SSSR count). The summed E-state index contributed by atoms with van der Waals surface area (Å²) in [5.74, 6) is 0.388. The van der Waals surface area contributed by atoms with Gasteiger partial charge in [0.25, 0.3) is 5.91 Å². The minimum absolute atomic E-state index is 0.112. The topological polar surface area (TPSA) is 81.7 Å². The fourth-order valence-corrected chi connectivity index (χ4v) is 2.95. The lowest BCUT2D eigenvalue weighted by Crippen LogP contribution is -2.39. The molecule has 0 atom stereocenters. The van der Waals surface area contributed by atoms with Crippen LogP contribution in [0.3, 0.4) is 0 Å². The lowest BCUT2D eigenvalue weighted by atomic mass is 10.1. The fraction of sp³-hybridized carbons (Fsp3) is 0.353. The highest BCUT2D eigenvalue weighted by Gasteiger charge is 2.25. The maximum absolute atomic E-state index is 12.7. The maximum atomic E-state index is 12.7. The van der Waals surface area contributed by atoms with Crippen molar-refractivity contribution in [1.29, 1.82) is 0 Å². The molecule has 0 saturated carbocycles. The van der Waals surface area contributed by atoms with Crippen LogP contribution < -0.4 is 5.32 Å². The van der Waals surface area contributed by atoms with Crippen molar-refractivity contribution in [2.24, 2.45) is 0 Å². The predicted octanol–water partition coefficient (Wildman–Crippen LogP) is 1.82. The second-order valence-corrected chi connectivity index (χ2v) is 5.85. The van der Waals surface area contributed by atoms with Crippen LogP contribution in [0.15, 0.2) is 41.1 Å². The zero-order chi connectivity index (χ0) is 16.4. The van der Waals surface area contributed by atoms with Gasteiger partial charge in [0.05, 0.1) is 0 Å². The summed E-state index contributed by atoms with van der Waals surface area (Å²) in [6.45, 7) is 1.34. The first-order chi connectivity index (χ1) is 11.8. The van der Waals surface area contributed by atoms with Gasteiger partial charge in [0.15, 0.2) is 0 Å². The van der Waals surface area contributed by atoms with E-state index in [2.05, 4.69) is 15.4 Å². The molecular formula is C17H18N4O3. The van der Waals surface area contributed by atoms with Crippen molar-refractivity contribution in [1.82, 2.24) is 19.9 Å². The van der Waals surface area contributed by atoms with Crippen LogP contribution in [0, 0.1) is 0 Å². The number of hydrogen-bond acceptors (Lipinski definition) is 5. The number of amides is 1. The number of nitrogens with zero attached hydrogens (tertiary/aromatic N) is 3. The molecule has 0 aliphatic carbocycles. The second kappa shape index (κ2) is 6.45. The van der Waals surface area contributed by atoms with Crippen molar-refractivity contribution >= 4 is 11.8 Å². The first-order valence-electron chi connectivity index (χ1n) is 8.05. The average Bonchev–Trinajstić information content (AvgIpc) is 3.19. The van der Waals surface area contributed by atoms with E-state index in [0.29, 0.717) is 31.2 Å². The van der Waals surface area contributed by atoms with Gasteiger partial charge in [-0.3, -0.25) is 4.79 Å². The van der Waals surface area contributed by atoms with E-state index in [1.165, 1.54) is 6.33 Å². The Morgan fingerprint density at radius 3 is 2.83 bits per heavy atom. The van der Waals surface area contributed by atoms with E-state index in [1.807, 2.05) is 30.3 Å². The van der Waals surface area contributed by atoms with E-state index in [9.17, 15) is 4.79 Å². The Morgan fingerprint density at radius 1 is 1.25 bits per heavy atom. The number of fused-ring (bicyclic) bond motifs is 1. The molecule has 1 saturated heterocycles. The van der Waals surface area contributed by atoms with E-state index < -0.39 is 0 Å². The van der Waals surface area contributed by atoms with Crippen LogP contribution >= 0.6 is 0 Å². The van der Waals surface area contributed by atoms with Crippen LogP contribution in [0.2, 0.25) is 0 Å². The molecule has 0 radical (unpaired) electrons. The molecule has 124 valence electrons. The van der Waals surface area contributed by atoms with Crippen molar-refractivity contribution < 1.29 is 13.9 Å². The smallest absolute Gasteiger partial charge is 0.325 e. The normalized spacial score (nSPS) is 15.7. The highest BCUT2D eigenvalue weighted by Crippen LogP contribution is 2.19. The molecule has 3 heterocycles. The lowest BCUT2D eigenvalue weighted by molar-refractivity contribution is 0.0683. The number of oxazole rings is 1. The molecule has 1 aliphatic rings. The van der Waals surface area contributed by atoms with Gasteiger partial charge in [0, 0.05) is 25.7 Å². The number of rotatable bonds is 4. The van der Waals surface area contributed by atoms with E-state index in [4.69, 9.17) is 9.15 Å². The third-order valence-corrected chi connectivity index (χ3v) is 4.20. The molecule has 0 bridgehead atoms. The summed E-state index contributed by atoms with van der Waals surface area (Å²) in [5.41, 5.74) is 1.79. The van der Waals surface area contributed by atoms with Crippen LogP contribution in [-0.2, 0) is 11.2 Å². The summed E-state index contributed by atoms with van der Waals surface area (Å²) in [6.07, 6.45) is 3.60. The van der Waals surface area contributed by atoms with Crippen molar-refractivity contribution in [3.05, 3.63) is 53.7 Å². The molecule has 7 nitrogen and oxygen atoms in total. The molecular weight excluding hydrogens is 308 g/mol. The van der Waals surface area contributed by atoms with Gasteiger partial charge in [-0.1, -0.05) is 30.3 Å². The number of hydrogen-bond donors (Lipinski definition) is 1. The van der Waals surface area contributed by atoms with Gasteiger partial charge in [0.1, 0.15) is 12.0 Å². The first kappa shape index (κ1) is 14.9. The molecule has 1 amide bonds. The van der Waals surface area contributed by atoms with E-state index in [0.717, 1.165) is 18.4 Å². The van der Waals surface area contributed by atoms with E-state index in [1.54, 1.807) is 4.52 Å². The van der Waals surface area contributed by atoms with Gasteiger partial charge < -0.3 is 14.5 Å². The highest BCUT2D eigenvalue weighted by molar-refractivity contribution is 5.93. The van der Waals surface area contributed by atoms with Gasteiger partial charge in [0.2, 0.25) is 5.76 Å². The fourth-order valence-electron chi connectivity index (χ4n) is 2.95. The summed E-state index contributed by atoms with van der Waals surface area (Å²) in [7, 11) is 0. The van der Waals surface area contributed by atoms with Crippen molar-refractivity contribution in [2.75, 3.05) is 13.2 Å². The van der Waals surface area contributed by atoms with Crippen LogP contribution in [0.1, 0.15) is 34.7 Å². The largest absolute Gasteiger partial charge is 0.416 e. The number of nitrogens with one attached hydrogen (secondary N) is 1. The van der Waals surface area contributed by atoms with Gasteiger partial charge in [-0.25, -0.2) is 0 Å². The number of carbonyl (C=O) groups excluding carboxylic acids is 1. The van der Waals surface area contributed by atoms with Crippen molar-refractivity contribution in [3.8, 4) is 0 Å². The first-order valence-corrected chi connectivity index (χ1v) is 8.05. The van der Waals surface area contributed by atoms with Gasteiger partial charge in [-0.05, 0) is 18.4 Å². The standard InChI is InChI=1S/C17H18N4O3/c22-16(20-13-6-8-23-9-7-13)15-14(10-12-4-2-1-3-5-12)21-17(24-15)18-11-19-21/h1-5,11,13H,6-10H2,(H,20,22). The molecule has 1 N–H and O–H groups in total. The summed E-state index contributed by atoms with van der Waals surface area (Å²) in [4.78, 5) is 16.7. The van der Waals surface area contributed by atoms with Gasteiger partial charge in [-0.15, -0.1) is 0 Å². The van der Waals surface area contributed by atoms with E-state index >= 15 is 0 Å². The summed E-state index contributed by atoms with van der Waals surface area (Å²) in [6, 6.07) is 10.0. The van der Waals surface area contributed by atoms with Crippen LogP contribution in [0.5, 0.6) is 0 Å². The molecule has 0 unspecified atom stereocenters. The molecule has 7 heteroatoms. The summed E-state index contributed by atoms with van der Waals surface area (Å²) >= 11 is 0. The molecule has 1 aliphatic heterocycles.